The lowest BCUT2D eigenvalue weighted by Gasteiger charge is -2.06. The first-order valence-electron chi connectivity index (χ1n) is 8.03. The molecule has 0 bridgehead atoms. The monoisotopic (exact) mass is 394 g/mol. The van der Waals surface area contributed by atoms with E-state index >= 15 is 0 Å². The van der Waals surface area contributed by atoms with Crippen LogP contribution in [0.2, 0.25) is 0 Å². The Morgan fingerprint density at radius 2 is 1.96 bits per heavy atom. The number of alkyl halides is 3. The maximum atomic E-state index is 13.1. The van der Waals surface area contributed by atoms with Crippen LogP contribution in [0, 0.1) is 12.7 Å². The maximum Gasteiger partial charge on any atom is 0.405 e. The first-order chi connectivity index (χ1) is 13.2. The maximum absolute atomic E-state index is 13.1. The first kappa shape index (κ1) is 19.3. The number of rotatable bonds is 5. The van der Waals surface area contributed by atoms with Crippen molar-refractivity contribution in [3.8, 4) is 11.3 Å². The molecule has 2 heterocycles. The number of amides is 1. The summed E-state index contributed by atoms with van der Waals surface area (Å²) in [5.41, 5.74) is 1.99. The van der Waals surface area contributed by atoms with E-state index in [1.54, 1.807) is 36.5 Å². The lowest BCUT2D eigenvalue weighted by molar-refractivity contribution is -0.123. The molecule has 146 valence electrons. The van der Waals surface area contributed by atoms with E-state index in [1.165, 1.54) is 18.2 Å². The summed E-state index contributed by atoms with van der Waals surface area (Å²) in [4.78, 5) is 11.7. The van der Waals surface area contributed by atoms with Crippen LogP contribution in [0.5, 0.6) is 0 Å². The highest BCUT2D eigenvalue weighted by Gasteiger charge is 2.28. The van der Waals surface area contributed by atoms with Gasteiger partial charge in [0.15, 0.2) is 5.69 Å². The molecule has 0 saturated heterocycles. The van der Waals surface area contributed by atoms with Crippen molar-refractivity contribution < 1.29 is 26.9 Å². The Morgan fingerprint density at radius 3 is 2.64 bits per heavy atom. The van der Waals surface area contributed by atoms with Gasteiger partial charge in [-0.05, 0) is 49.4 Å². The van der Waals surface area contributed by atoms with Gasteiger partial charge < -0.3 is 9.84 Å². The number of H-pyrrole nitrogens is 1. The molecule has 1 aromatic carbocycles. The van der Waals surface area contributed by atoms with E-state index in [4.69, 9.17) is 4.52 Å². The number of hydrogen-bond donors (Lipinski definition) is 2. The highest BCUT2D eigenvalue weighted by molar-refractivity contribution is 5.93. The van der Waals surface area contributed by atoms with Gasteiger partial charge in [-0.25, -0.2) is 4.39 Å². The van der Waals surface area contributed by atoms with E-state index in [-0.39, 0.29) is 11.5 Å². The van der Waals surface area contributed by atoms with Crippen molar-refractivity contribution in [1.29, 1.82) is 0 Å². The van der Waals surface area contributed by atoms with Gasteiger partial charge in [0.2, 0.25) is 0 Å². The van der Waals surface area contributed by atoms with Gasteiger partial charge in [0.05, 0.1) is 5.69 Å². The highest BCUT2D eigenvalue weighted by atomic mass is 19.4. The Balaban J connectivity index is 1.77. The molecule has 0 fully saturated rings. The number of nitrogens with zero attached hydrogens (tertiary/aromatic N) is 2. The summed E-state index contributed by atoms with van der Waals surface area (Å²) in [6.45, 7) is 0.257. The van der Waals surface area contributed by atoms with Crippen molar-refractivity contribution >= 4 is 18.1 Å². The molecule has 0 saturated carbocycles. The number of carbonyl (C=O) groups is 1. The zero-order valence-electron chi connectivity index (χ0n) is 14.5. The van der Waals surface area contributed by atoms with Crippen LogP contribution in [0.3, 0.4) is 0 Å². The third-order valence-electron chi connectivity index (χ3n) is 3.74. The largest absolute Gasteiger partial charge is 0.405 e. The van der Waals surface area contributed by atoms with Gasteiger partial charge in [-0.2, -0.15) is 18.3 Å². The van der Waals surface area contributed by atoms with Gasteiger partial charge in [-0.3, -0.25) is 9.89 Å². The van der Waals surface area contributed by atoms with Gasteiger partial charge in [0.25, 0.3) is 5.91 Å². The minimum atomic E-state index is -4.50. The SMILES string of the molecule is Cc1onc(-c2ccc(F)cc2)c1/C=C/c1cc(C(=O)NCC(F)(F)F)n[nH]1. The Kier molecular flexibility index (Phi) is 5.30. The Labute approximate surface area is 156 Å². The second kappa shape index (κ2) is 7.67. The van der Waals surface area contributed by atoms with Crippen molar-refractivity contribution in [3.05, 3.63) is 58.9 Å². The molecule has 28 heavy (non-hydrogen) atoms. The summed E-state index contributed by atoms with van der Waals surface area (Å²) in [7, 11) is 0. The van der Waals surface area contributed by atoms with Gasteiger partial charge in [-0.15, -0.1) is 0 Å². The number of aromatic amines is 1. The number of halogens is 4. The molecule has 3 aromatic rings. The predicted octanol–water partition coefficient (Wildman–Crippen LogP) is 3.97. The van der Waals surface area contributed by atoms with E-state index in [2.05, 4.69) is 15.4 Å². The average molecular weight is 394 g/mol. The summed E-state index contributed by atoms with van der Waals surface area (Å²) in [6.07, 6.45) is -1.28. The fourth-order valence-electron chi connectivity index (χ4n) is 2.37. The zero-order chi connectivity index (χ0) is 20.3. The Bertz CT molecular complexity index is 1000. The fourth-order valence-corrected chi connectivity index (χ4v) is 2.37. The second-order valence-corrected chi connectivity index (χ2v) is 5.85. The summed E-state index contributed by atoms with van der Waals surface area (Å²) < 4.78 is 54.8. The third-order valence-corrected chi connectivity index (χ3v) is 3.74. The summed E-state index contributed by atoms with van der Waals surface area (Å²) in [5.74, 6) is -0.811. The van der Waals surface area contributed by atoms with Crippen LogP contribution in [0.25, 0.3) is 23.4 Å². The van der Waals surface area contributed by atoms with Crippen LogP contribution >= 0.6 is 0 Å². The molecule has 3 rings (SSSR count). The lowest BCUT2D eigenvalue weighted by Crippen LogP contribution is -2.33. The van der Waals surface area contributed by atoms with Crippen LogP contribution in [-0.4, -0.2) is 34.0 Å². The molecule has 0 aliphatic heterocycles. The molecule has 0 aliphatic rings. The number of aromatic nitrogens is 3. The van der Waals surface area contributed by atoms with Crippen LogP contribution < -0.4 is 5.32 Å². The highest BCUT2D eigenvalue weighted by Crippen LogP contribution is 2.27. The van der Waals surface area contributed by atoms with Crippen molar-refractivity contribution in [3.63, 3.8) is 0 Å². The summed E-state index contributed by atoms with van der Waals surface area (Å²) in [5, 5.41) is 11.9. The summed E-state index contributed by atoms with van der Waals surface area (Å²) in [6, 6.07) is 7.02. The standard InChI is InChI=1S/C18H14F4N4O2/c1-10-14(16(26-28-10)11-2-4-12(19)5-3-11)7-6-13-8-15(25-24-13)17(27)23-9-18(20,21)22/h2-8H,9H2,1H3,(H,23,27)(H,24,25)/b7-6+. The van der Waals surface area contributed by atoms with E-state index in [0.29, 0.717) is 28.3 Å². The average Bonchev–Trinajstić information content (AvgIpc) is 3.25. The molecule has 6 nitrogen and oxygen atoms in total. The van der Waals surface area contributed by atoms with Gasteiger partial charge in [0, 0.05) is 11.1 Å². The quantitative estimate of drug-likeness (QED) is 0.642. The fraction of sp³-hybridized carbons (Fsp3) is 0.167. The molecule has 1 amide bonds. The van der Waals surface area contributed by atoms with E-state index in [9.17, 15) is 22.4 Å². The second-order valence-electron chi connectivity index (χ2n) is 5.85. The number of aryl methyl sites for hydroxylation is 1. The molecular weight excluding hydrogens is 380 g/mol. The van der Waals surface area contributed by atoms with Gasteiger partial charge in [0.1, 0.15) is 23.8 Å². The Morgan fingerprint density at radius 1 is 1.25 bits per heavy atom. The summed E-state index contributed by atoms with van der Waals surface area (Å²) >= 11 is 0. The number of hydrogen-bond acceptors (Lipinski definition) is 4. The lowest BCUT2D eigenvalue weighted by atomic mass is 10.1. The molecule has 0 radical (unpaired) electrons. The van der Waals surface area contributed by atoms with Gasteiger partial charge >= 0.3 is 6.18 Å². The molecule has 2 aromatic heterocycles. The predicted molar refractivity (Wildman–Crippen MR) is 92.5 cm³/mol. The zero-order valence-corrected chi connectivity index (χ0v) is 14.5. The third kappa shape index (κ3) is 4.64. The molecule has 0 spiro atoms. The molecule has 2 N–H and O–H groups in total. The normalized spacial score (nSPS) is 11.9. The molecule has 10 heteroatoms. The number of nitrogens with one attached hydrogen (secondary N) is 2. The molecular formula is C18H14F4N4O2. The topological polar surface area (TPSA) is 83.8 Å². The van der Waals surface area contributed by atoms with Crippen LogP contribution in [0.15, 0.2) is 34.9 Å². The minimum absolute atomic E-state index is 0.176. The number of benzene rings is 1. The van der Waals surface area contributed by atoms with E-state index < -0.39 is 18.6 Å². The minimum Gasteiger partial charge on any atom is -0.360 e. The van der Waals surface area contributed by atoms with Gasteiger partial charge in [-0.1, -0.05) is 5.16 Å². The van der Waals surface area contributed by atoms with Crippen molar-refractivity contribution in [2.24, 2.45) is 0 Å². The van der Waals surface area contributed by atoms with E-state index in [0.717, 1.165) is 0 Å². The van der Waals surface area contributed by atoms with Crippen molar-refractivity contribution in [1.82, 2.24) is 20.7 Å². The number of carbonyl (C=O) groups excluding carboxylic acids is 1. The first-order valence-corrected chi connectivity index (χ1v) is 8.03. The van der Waals surface area contributed by atoms with E-state index in [1.807, 2.05) is 0 Å². The molecule has 0 aliphatic carbocycles. The van der Waals surface area contributed by atoms with Crippen LogP contribution in [0.4, 0.5) is 17.6 Å². The van der Waals surface area contributed by atoms with Crippen molar-refractivity contribution in [2.45, 2.75) is 13.1 Å². The molecule has 0 unspecified atom stereocenters. The molecule has 0 atom stereocenters. The smallest absolute Gasteiger partial charge is 0.360 e. The van der Waals surface area contributed by atoms with Crippen molar-refractivity contribution in [2.75, 3.05) is 6.54 Å². The Hall–Kier alpha value is -3.43. The van der Waals surface area contributed by atoms with Crippen LogP contribution in [0.1, 0.15) is 27.5 Å². The van der Waals surface area contributed by atoms with Crippen LogP contribution in [-0.2, 0) is 0 Å².